The predicted molar refractivity (Wildman–Crippen MR) is 237 cm³/mol. The Morgan fingerprint density at radius 2 is 0.741 bits per heavy atom. The van der Waals surface area contributed by atoms with Crippen molar-refractivity contribution in [3.05, 3.63) is 233 Å². The summed E-state index contributed by atoms with van der Waals surface area (Å²) in [5, 5.41) is 0. The van der Waals surface area contributed by atoms with Gasteiger partial charge in [-0.25, -0.2) is 15.0 Å². The number of hydrogen-bond acceptors (Lipinski definition) is 3. The van der Waals surface area contributed by atoms with Gasteiger partial charge in [-0.05, 0) is 105 Å². The van der Waals surface area contributed by atoms with Crippen LogP contribution in [0, 0.1) is 13.8 Å². The van der Waals surface area contributed by atoms with E-state index in [9.17, 15) is 0 Å². The number of aromatic nitrogens is 3. The van der Waals surface area contributed by atoms with Gasteiger partial charge in [0.25, 0.3) is 0 Å². The standard InChI is InChI=1S/C55H39N3/c1-35-21-25-37(26-22-35)39-13-9-15-43(31-39)52-56-53(44-16-10-14-40(32-44)38-27-23-36(2)24-28-38)58-54(57-52)45-29-30-47-46-17-5-8-20-50(46)55(51(47)34-45)48-18-6-3-11-41(48)33-42-12-4-7-19-49(42)55/h3-32,34H,33H2,1-2H3. The summed E-state index contributed by atoms with van der Waals surface area (Å²) in [5.41, 5.74) is 19.9. The normalized spacial score (nSPS) is 13.1. The average molecular weight is 742 g/mol. The van der Waals surface area contributed by atoms with Gasteiger partial charge in [-0.2, -0.15) is 0 Å². The molecule has 8 aromatic carbocycles. The molecule has 0 saturated heterocycles. The zero-order valence-corrected chi connectivity index (χ0v) is 32.4. The van der Waals surface area contributed by atoms with Gasteiger partial charge in [-0.3, -0.25) is 0 Å². The van der Waals surface area contributed by atoms with Gasteiger partial charge in [0, 0.05) is 16.7 Å². The van der Waals surface area contributed by atoms with E-state index in [0.29, 0.717) is 17.5 Å². The third-order valence-electron chi connectivity index (χ3n) is 12.2. The van der Waals surface area contributed by atoms with Crippen LogP contribution < -0.4 is 0 Å². The summed E-state index contributed by atoms with van der Waals surface area (Å²) in [4.78, 5) is 15.8. The lowest BCUT2D eigenvalue weighted by Crippen LogP contribution is -2.34. The molecule has 0 radical (unpaired) electrons. The quantitative estimate of drug-likeness (QED) is 0.176. The van der Waals surface area contributed by atoms with Crippen molar-refractivity contribution in [2.75, 3.05) is 0 Å². The first-order chi connectivity index (χ1) is 28.5. The first kappa shape index (κ1) is 34.1. The number of aryl methyl sites for hydroxylation is 2. The van der Waals surface area contributed by atoms with Gasteiger partial charge >= 0.3 is 0 Å². The SMILES string of the molecule is Cc1ccc(-c2cccc(-c3nc(-c4cccc(-c5ccc(C)cc5)c4)nc(-c4ccc5c(c4)C4(c6ccccc6Cc6ccccc64)c4ccccc4-5)n3)c2)cc1. The van der Waals surface area contributed by atoms with Crippen molar-refractivity contribution in [1.82, 2.24) is 15.0 Å². The Labute approximate surface area is 339 Å². The zero-order chi connectivity index (χ0) is 38.8. The van der Waals surface area contributed by atoms with Crippen LogP contribution in [0.3, 0.4) is 0 Å². The summed E-state index contributed by atoms with van der Waals surface area (Å²) in [6.45, 7) is 4.24. The smallest absolute Gasteiger partial charge is 0.164 e. The van der Waals surface area contributed by atoms with Gasteiger partial charge in [0.1, 0.15) is 0 Å². The van der Waals surface area contributed by atoms with Crippen LogP contribution in [0.1, 0.15) is 44.5 Å². The van der Waals surface area contributed by atoms with Crippen molar-refractivity contribution in [1.29, 1.82) is 0 Å². The molecule has 0 aliphatic heterocycles. The van der Waals surface area contributed by atoms with E-state index in [1.807, 2.05) is 0 Å². The molecule has 0 amide bonds. The third-order valence-corrected chi connectivity index (χ3v) is 12.2. The van der Waals surface area contributed by atoms with Crippen molar-refractivity contribution >= 4 is 0 Å². The topological polar surface area (TPSA) is 38.7 Å². The van der Waals surface area contributed by atoms with Crippen LogP contribution >= 0.6 is 0 Å². The number of fused-ring (bicyclic) bond motifs is 9. The molecular weight excluding hydrogens is 703 g/mol. The average Bonchev–Trinajstić information content (AvgIpc) is 3.57. The Hall–Kier alpha value is -7.23. The van der Waals surface area contributed by atoms with Gasteiger partial charge in [0.2, 0.25) is 0 Å². The number of benzene rings is 8. The molecule has 0 atom stereocenters. The molecule has 2 aliphatic carbocycles. The van der Waals surface area contributed by atoms with Gasteiger partial charge in [-0.15, -0.1) is 0 Å². The van der Waals surface area contributed by atoms with E-state index in [2.05, 4.69) is 202 Å². The van der Waals surface area contributed by atoms with Crippen molar-refractivity contribution in [2.24, 2.45) is 0 Å². The maximum atomic E-state index is 5.31. The molecule has 1 heterocycles. The second kappa shape index (κ2) is 13.5. The molecule has 0 fully saturated rings. The Morgan fingerprint density at radius 1 is 0.328 bits per heavy atom. The Balaban J connectivity index is 1.13. The number of hydrogen-bond donors (Lipinski definition) is 0. The molecule has 58 heavy (non-hydrogen) atoms. The maximum absolute atomic E-state index is 5.31. The Morgan fingerprint density at radius 3 is 1.28 bits per heavy atom. The lowest BCUT2D eigenvalue weighted by Gasteiger charge is -2.40. The van der Waals surface area contributed by atoms with E-state index in [-0.39, 0.29) is 0 Å². The molecule has 0 saturated carbocycles. The highest BCUT2D eigenvalue weighted by molar-refractivity contribution is 5.89. The molecule has 0 unspecified atom stereocenters. The summed E-state index contributed by atoms with van der Waals surface area (Å²) in [6, 6.07) is 68.3. The first-order valence-electron chi connectivity index (χ1n) is 20.1. The Bertz CT molecular complexity index is 2900. The number of nitrogens with zero attached hydrogens (tertiary/aromatic N) is 3. The molecule has 1 spiro atoms. The van der Waals surface area contributed by atoms with Gasteiger partial charge in [-0.1, -0.05) is 181 Å². The highest BCUT2D eigenvalue weighted by atomic mass is 15.0. The van der Waals surface area contributed by atoms with Crippen LogP contribution in [0.5, 0.6) is 0 Å². The minimum Gasteiger partial charge on any atom is -0.208 e. The lowest BCUT2D eigenvalue weighted by molar-refractivity contribution is 0.722. The lowest BCUT2D eigenvalue weighted by atomic mass is 9.61. The minimum absolute atomic E-state index is 0.475. The van der Waals surface area contributed by atoms with E-state index < -0.39 is 5.41 Å². The summed E-state index contributed by atoms with van der Waals surface area (Å²) >= 11 is 0. The van der Waals surface area contributed by atoms with Crippen LogP contribution in [-0.2, 0) is 11.8 Å². The number of rotatable bonds is 5. The monoisotopic (exact) mass is 741 g/mol. The third kappa shape index (κ3) is 5.46. The highest BCUT2D eigenvalue weighted by Gasteiger charge is 2.49. The van der Waals surface area contributed by atoms with Gasteiger partial charge in [0.15, 0.2) is 17.5 Å². The zero-order valence-electron chi connectivity index (χ0n) is 32.4. The largest absolute Gasteiger partial charge is 0.208 e. The van der Waals surface area contributed by atoms with Gasteiger partial charge < -0.3 is 0 Å². The molecular formula is C55H39N3. The van der Waals surface area contributed by atoms with E-state index in [0.717, 1.165) is 45.4 Å². The minimum atomic E-state index is -0.475. The molecule has 1 aromatic heterocycles. The van der Waals surface area contributed by atoms with Crippen molar-refractivity contribution in [3.63, 3.8) is 0 Å². The van der Waals surface area contributed by atoms with Crippen molar-refractivity contribution in [3.8, 4) is 67.5 Å². The van der Waals surface area contributed by atoms with Crippen LogP contribution in [0.2, 0.25) is 0 Å². The van der Waals surface area contributed by atoms with E-state index in [1.165, 1.54) is 55.6 Å². The molecule has 3 nitrogen and oxygen atoms in total. The molecule has 2 aliphatic rings. The van der Waals surface area contributed by atoms with E-state index in [1.54, 1.807) is 0 Å². The molecule has 11 rings (SSSR count). The summed E-state index contributed by atoms with van der Waals surface area (Å²) in [7, 11) is 0. The van der Waals surface area contributed by atoms with E-state index in [4.69, 9.17) is 15.0 Å². The predicted octanol–water partition coefficient (Wildman–Crippen LogP) is 13.1. The van der Waals surface area contributed by atoms with Crippen LogP contribution in [-0.4, -0.2) is 15.0 Å². The molecule has 9 aromatic rings. The van der Waals surface area contributed by atoms with Crippen molar-refractivity contribution < 1.29 is 0 Å². The first-order valence-corrected chi connectivity index (χ1v) is 20.1. The van der Waals surface area contributed by atoms with E-state index >= 15 is 0 Å². The fourth-order valence-corrected chi connectivity index (χ4v) is 9.36. The second-order valence-corrected chi connectivity index (χ2v) is 15.7. The van der Waals surface area contributed by atoms with Crippen LogP contribution in [0.15, 0.2) is 188 Å². The summed E-state index contributed by atoms with van der Waals surface area (Å²) in [6.07, 6.45) is 0.911. The molecule has 0 N–H and O–H groups in total. The second-order valence-electron chi connectivity index (χ2n) is 15.7. The molecule has 274 valence electrons. The Kier molecular flexibility index (Phi) is 7.90. The summed E-state index contributed by atoms with van der Waals surface area (Å²) < 4.78 is 0. The maximum Gasteiger partial charge on any atom is 0.164 e. The highest BCUT2D eigenvalue weighted by Crippen LogP contribution is 2.59. The molecule has 0 bridgehead atoms. The van der Waals surface area contributed by atoms with Gasteiger partial charge in [0.05, 0.1) is 5.41 Å². The van der Waals surface area contributed by atoms with Crippen LogP contribution in [0.25, 0.3) is 67.5 Å². The van der Waals surface area contributed by atoms with Crippen LogP contribution in [0.4, 0.5) is 0 Å². The molecule has 3 heteroatoms. The summed E-state index contributed by atoms with van der Waals surface area (Å²) in [5.74, 6) is 1.93. The van der Waals surface area contributed by atoms with Crippen molar-refractivity contribution in [2.45, 2.75) is 25.7 Å². The fraction of sp³-hybridized carbons (Fsp3) is 0.0727. The fourth-order valence-electron chi connectivity index (χ4n) is 9.36.